The summed E-state index contributed by atoms with van der Waals surface area (Å²) in [6.45, 7) is 0. The lowest BCUT2D eigenvalue weighted by molar-refractivity contribution is -0.255. The average Bonchev–Trinajstić information content (AvgIpc) is 2.33. The molecule has 1 rings (SSSR count). The quantitative estimate of drug-likeness (QED) is 0.586. The molecule has 0 fully saturated rings. The van der Waals surface area contributed by atoms with Crippen LogP contribution in [0.2, 0.25) is 0 Å². The van der Waals surface area contributed by atoms with Crippen molar-refractivity contribution >= 4 is 17.4 Å². The summed E-state index contributed by atoms with van der Waals surface area (Å²) in [5.74, 6) is 0. The predicted octanol–water partition coefficient (Wildman–Crippen LogP) is 2.99. The molecular formula is C10H8F6N3O3-. The number of halogens is 6. The minimum Gasteiger partial charge on any atom is -0.733 e. The van der Waals surface area contributed by atoms with Crippen molar-refractivity contribution in [3.63, 3.8) is 0 Å². The number of alkyl halides is 6. The van der Waals surface area contributed by atoms with Crippen LogP contribution in [0.5, 0.6) is 0 Å². The summed E-state index contributed by atoms with van der Waals surface area (Å²) in [5.41, 5.74) is -1.06. The van der Waals surface area contributed by atoms with Crippen LogP contribution in [0.1, 0.15) is 0 Å². The van der Waals surface area contributed by atoms with E-state index in [1.807, 2.05) is 0 Å². The number of nitrogens with one attached hydrogen (secondary N) is 2. The van der Waals surface area contributed by atoms with E-state index in [0.29, 0.717) is 5.32 Å². The highest BCUT2D eigenvalue weighted by molar-refractivity contribution is 5.93. The fourth-order valence-electron chi connectivity index (χ4n) is 1.38. The lowest BCUT2D eigenvalue weighted by Gasteiger charge is -2.26. The van der Waals surface area contributed by atoms with Gasteiger partial charge in [-0.2, -0.15) is 26.3 Å². The Morgan fingerprint density at radius 2 is 1.64 bits per heavy atom. The maximum atomic E-state index is 12.3. The van der Waals surface area contributed by atoms with Gasteiger partial charge < -0.3 is 21.1 Å². The second-order valence-corrected chi connectivity index (χ2v) is 3.90. The standard InChI is InChI=1S/C10H8F6N3O3/c11-9(12,13)7(10(14,15)16)18-8(20)17-5-3-1-2-4-6(5)19(21)22/h1-4,7,21H,(H2,17,18,20)/q-1. The van der Waals surface area contributed by atoms with Crippen molar-refractivity contribution in [1.29, 1.82) is 0 Å². The minimum absolute atomic E-state index is 0.486. The highest BCUT2D eigenvalue weighted by atomic mass is 19.4. The molecule has 0 aliphatic rings. The Morgan fingerprint density at radius 1 is 1.14 bits per heavy atom. The van der Waals surface area contributed by atoms with Crippen molar-refractivity contribution in [2.45, 2.75) is 18.4 Å². The van der Waals surface area contributed by atoms with Gasteiger partial charge in [0.2, 0.25) is 6.04 Å². The smallest absolute Gasteiger partial charge is 0.417 e. The van der Waals surface area contributed by atoms with Crippen molar-refractivity contribution < 1.29 is 36.3 Å². The maximum Gasteiger partial charge on any atom is 0.417 e. The lowest BCUT2D eigenvalue weighted by atomic mass is 10.2. The van der Waals surface area contributed by atoms with Crippen molar-refractivity contribution in [3.8, 4) is 0 Å². The topological polar surface area (TPSA) is 87.7 Å². The van der Waals surface area contributed by atoms with Gasteiger partial charge in [0.1, 0.15) is 0 Å². The van der Waals surface area contributed by atoms with Gasteiger partial charge in [-0.1, -0.05) is 12.1 Å². The molecule has 12 heteroatoms. The molecule has 0 aliphatic heterocycles. The number of hydrogen-bond acceptors (Lipinski definition) is 4. The third-order valence-electron chi connectivity index (χ3n) is 2.29. The molecule has 0 saturated carbocycles. The van der Waals surface area contributed by atoms with Gasteiger partial charge in [0.05, 0.1) is 11.4 Å². The van der Waals surface area contributed by atoms with Crippen LogP contribution in [0.4, 0.5) is 42.5 Å². The van der Waals surface area contributed by atoms with Crippen LogP contribution in [0.3, 0.4) is 0 Å². The van der Waals surface area contributed by atoms with E-state index in [4.69, 9.17) is 5.21 Å². The Bertz CT molecular complexity index is 517. The number of carbonyl (C=O) groups excluding carboxylic acids is 1. The first-order valence-corrected chi connectivity index (χ1v) is 5.39. The van der Waals surface area contributed by atoms with E-state index in [1.54, 1.807) is 5.32 Å². The fraction of sp³-hybridized carbons (Fsp3) is 0.300. The Hall–Kier alpha value is -2.21. The lowest BCUT2D eigenvalue weighted by Crippen LogP contribution is -2.55. The van der Waals surface area contributed by atoms with Gasteiger partial charge in [0, 0.05) is 0 Å². The normalized spacial score (nSPS) is 12.2. The zero-order valence-electron chi connectivity index (χ0n) is 10.4. The molecular weight excluding hydrogens is 324 g/mol. The highest BCUT2D eigenvalue weighted by Crippen LogP contribution is 2.33. The molecule has 0 aromatic heterocycles. The first kappa shape index (κ1) is 17.8. The van der Waals surface area contributed by atoms with E-state index in [-0.39, 0.29) is 0 Å². The van der Waals surface area contributed by atoms with Gasteiger partial charge in [-0.15, -0.1) is 0 Å². The van der Waals surface area contributed by atoms with Crippen LogP contribution in [0.25, 0.3) is 0 Å². The molecule has 0 atom stereocenters. The molecule has 0 saturated heterocycles. The van der Waals surface area contributed by atoms with Crippen LogP contribution >= 0.6 is 0 Å². The summed E-state index contributed by atoms with van der Waals surface area (Å²) in [5, 5.41) is 21.0. The second-order valence-electron chi connectivity index (χ2n) is 3.90. The maximum absolute atomic E-state index is 12.3. The van der Waals surface area contributed by atoms with Gasteiger partial charge in [0.15, 0.2) is 0 Å². The van der Waals surface area contributed by atoms with E-state index in [2.05, 4.69) is 0 Å². The Labute approximate surface area is 118 Å². The fourth-order valence-corrected chi connectivity index (χ4v) is 1.38. The number of hydrogen-bond donors (Lipinski definition) is 3. The van der Waals surface area contributed by atoms with Crippen LogP contribution < -0.4 is 15.9 Å². The van der Waals surface area contributed by atoms with Gasteiger partial charge in [-0.05, 0) is 12.1 Å². The summed E-state index contributed by atoms with van der Waals surface area (Å²) in [6.07, 6.45) is -11.5. The van der Waals surface area contributed by atoms with Crippen LogP contribution in [-0.4, -0.2) is 29.6 Å². The summed E-state index contributed by atoms with van der Waals surface area (Å²) >= 11 is 0. The molecule has 0 heterocycles. The third kappa shape index (κ3) is 4.66. The van der Waals surface area contributed by atoms with Gasteiger partial charge in [-0.25, -0.2) is 4.79 Å². The molecule has 22 heavy (non-hydrogen) atoms. The molecule has 124 valence electrons. The Kier molecular flexibility index (Phi) is 5.09. The van der Waals surface area contributed by atoms with Gasteiger partial charge in [0.25, 0.3) is 0 Å². The van der Waals surface area contributed by atoms with Crippen molar-refractivity contribution in [3.05, 3.63) is 29.5 Å². The van der Waals surface area contributed by atoms with Crippen molar-refractivity contribution in [2.75, 3.05) is 10.5 Å². The third-order valence-corrected chi connectivity index (χ3v) is 2.29. The molecule has 6 nitrogen and oxygen atoms in total. The molecule has 1 aromatic carbocycles. The summed E-state index contributed by atoms with van der Waals surface area (Å²) in [7, 11) is 0. The first-order valence-electron chi connectivity index (χ1n) is 5.39. The average molecular weight is 332 g/mol. The number of nitrogens with zero attached hydrogens (tertiary/aromatic N) is 1. The number of anilines is 2. The first-order chi connectivity index (χ1) is 9.93. The Morgan fingerprint density at radius 3 is 2.09 bits per heavy atom. The van der Waals surface area contributed by atoms with E-state index >= 15 is 0 Å². The monoisotopic (exact) mass is 332 g/mol. The predicted molar refractivity (Wildman–Crippen MR) is 62.1 cm³/mol. The van der Waals surface area contributed by atoms with Crippen molar-refractivity contribution in [2.24, 2.45) is 0 Å². The zero-order valence-corrected chi connectivity index (χ0v) is 10.4. The molecule has 0 spiro atoms. The number of rotatable bonds is 3. The SMILES string of the molecule is O=C(Nc1ccccc1N([O-])O)NC(C(F)(F)F)C(F)(F)F. The number of para-hydroxylation sites is 2. The molecule has 0 aliphatic carbocycles. The largest absolute Gasteiger partial charge is 0.733 e. The molecule has 2 amide bonds. The highest BCUT2D eigenvalue weighted by Gasteiger charge is 2.57. The van der Waals surface area contributed by atoms with Crippen LogP contribution in [0, 0.1) is 5.21 Å². The van der Waals surface area contributed by atoms with Gasteiger partial charge in [-0.3, -0.25) is 5.21 Å². The molecule has 0 bridgehead atoms. The van der Waals surface area contributed by atoms with Crippen LogP contribution in [0.15, 0.2) is 24.3 Å². The van der Waals surface area contributed by atoms with E-state index in [0.717, 1.165) is 12.1 Å². The van der Waals surface area contributed by atoms with Gasteiger partial charge >= 0.3 is 18.4 Å². The second kappa shape index (κ2) is 6.27. The zero-order chi connectivity index (χ0) is 17.1. The van der Waals surface area contributed by atoms with E-state index in [1.165, 1.54) is 12.1 Å². The number of benzene rings is 1. The molecule has 0 unspecified atom stereocenters. The summed E-state index contributed by atoms with van der Waals surface area (Å²) in [4.78, 5) is 11.3. The number of urea groups is 1. The molecule has 0 radical (unpaired) electrons. The summed E-state index contributed by atoms with van der Waals surface area (Å²) < 4.78 is 73.6. The number of carbonyl (C=O) groups is 1. The molecule has 1 aromatic rings. The summed E-state index contributed by atoms with van der Waals surface area (Å²) in [6, 6.07) is -1.49. The van der Waals surface area contributed by atoms with Crippen molar-refractivity contribution in [1.82, 2.24) is 5.32 Å². The Balaban J connectivity index is 2.90. The minimum atomic E-state index is -5.75. The molecule has 3 N–H and O–H groups in total. The number of amides is 2. The van der Waals surface area contributed by atoms with Crippen LogP contribution in [-0.2, 0) is 0 Å². The van der Waals surface area contributed by atoms with E-state index in [9.17, 15) is 36.3 Å². The van der Waals surface area contributed by atoms with E-state index < -0.39 is 41.0 Å².